The van der Waals surface area contributed by atoms with Gasteiger partial charge >= 0.3 is 0 Å². The van der Waals surface area contributed by atoms with Gasteiger partial charge in [0.1, 0.15) is 23.9 Å². The number of fused-ring (bicyclic) bond motifs is 2. The van der Waals surface area contributed by atoms with Crippen molar-refractivity contribution in [1.29, 1.82) is 0 Å². The van der Waals surface area contributed by atoms with Crippen LogP contribution >= 0.6 is 0 Å². The number of H-pyrrole nitrogens is 2. The third-order valence-electron chi connectivity index (χ3n) is 8.65. The summed E-state index contributed by atoms with van der Waals surface area (Å²) in [6.07, 6.45) is 11.1. The molecule has 0 atom stereocenters. The van der Waals surface area contributed by atoms with Crippen LogP contribution in [0.4, 0.5) is 10.1 Å². The van der Waals surface area contributed by atoms with Gasteiger partial charge in [-0.2, -0.15) is 5.10 Å². The number of aromatic nitrogens is 7. The van der Waals surface area contributed by atoms with Crippen molar-refractivity contribution in [1.82, 2.24) is 40.0 Å². The van der Waals surface area contributed by atoms with Gasteiger partial charge in [0.25, 0.3) is 0 Å². The maximum atomic E-state index is 14.8. The summed E-state index contributed by atoms with van der Waals surface area (Å²) in [7, 11) is 0. The van der Waals surface area contributed by atoms with Crippen molar-refractivity contribution in [3.05, 3.63) is 103 Å². The maximum Gasteiger partial charge on any atom is 0.228 e. The SMILES string of the molecule is O=C(Cc1ccccc1)Nc1cncc(-c2cc3c(-c4nc5c(-c6cc(F)cc(OCCN7CCCC7)c6)cncc5[nH]4)n[nH]c3cn2)c1. The summed E-state index contributed by atoms with van der Waals surface area (Å²) in [5, 5.41) is 11.3. The number of ether oxygens (including phenoxy) is 1. The van der Waals surface area contributed by atoms with E-state index in [0.29, 0.717) is 57.4 Å². The number of rotatable bonds is 10. The molecule has 49 heavy (non-hydrogen) atoms. The second-order valence-electron chi connectivity index (χ2n) is 12.1. The Kier molecular flexibility index (Phi) is 8.20. The molecule has 0 spiro atoms. The number of benzene rings is 2. The Labute approximate surface area is 280 Å². The number of amides is 1. The number of nitrogens with one attached hydrogen (secondary N) is 3. The van der Waals surface area contributed by atoms with E-state index in [1.54, 1.807) is 31.0 Å². The number of hydrogen-bond donors (Lipinski definition) is 3. The molecule has 2 aromatic carbocycles. The lowest BCUT2D eigenvalue weighted by atomic mass is 10.1. The Morgan fingerprint density at radius 3 is 2.65 bits per heavy atom. The number of pyridine rings is 3. The minimum Gasteiger partial charge on any atom is -0.492 e. The lowest BCUT2D eigenvalue weighted by Gasteiger charge is -2.15. The van der Waals surface area contributed by atoms with Crippen LogP contribution in [-0.2, 0) is 11.2 Å². The van der Waals surface area contributed by atoms with E-state index >= 15 is 0 Å². The van der Waals surface area contributed by atoms with E-state index in [1.165, 1.54) is 25.0 Å². The van der Waals surface area contributed by atoms with Crippen molar-refractivity contribution in [2.45, 2.75) is 19.3 Å². The Hall–Kier alpha value is -6.01. The lowest BCUT2D eigenvalue weighted by Crippen LogP contribution is -2.25. The molecule has 5 aromatic heterocycles. The Bertz CT molecular complexity index is 2280. The van der Waals surface area contributed by atoms with Gasteiger partial charge in [-0.25, -0.2) is 9.37 Å². The molecule has 1 saturated heterocycles. The molecular weight excluding hydrogens is 621 g/mol. The number of hydrogen-bond acceptors (Lipinski definition) is 8. The van der Waals surface area contributed by atoms with Gasteiger partial charge in [-0.3, -0.25) is 29.7 Å². The highest BCUT2D eigenvalue weighted by atomic mass is 19.1. The summed E-state index contributed by atoms with van der Waals surface area (Å²) in [6, 6.07) is 18.0. The van der Waals surface area contributed by atoms with Crippen LogP contribution in [0.3, 0.4) is 0 Å². The van der Waals surface area contributed by atoms with Gasteiger partial charge < -0.3 is 15.0 Å². The molecule has 244 valence electrons. The van der Waals surface area contributed by atoms with Crippen LogP contribution in [0.1, 0.15) is 18.4 Å². The highest BCUT2D eigenvalue weighted by Gasteiger charge is 2.18. The number of halogens is 1. The highest BCUT2D eigenvalue weighted by Crippen LogP contribution is 2.34. The summed E-state index contributed by atoms with van der Waals surface area (Å²) in [6.45, 7) is 3.46. The van der Waals surface area contributed by atoms with Crippen molar-refractivity contribution in [2.75, 3.05) is 31.6 Å². The van der Waals surface area contributed by atoms with Gasteiger partial charge in [-0.15, -0.1) is 0 Å². The zero-order chi connectivity index (χ0) is 33.2. The number of aromatic amines is 2. The number of carbonyl (C=O) groups is 1. The number of carbonyl (C=O) groups excluding carboxylic acids is 1. The summed E-state index contributed by atoms with van der Waals surface area (Å²) in [5.74, 6) is 0.457. The number of nitrogens with zero attached hydrogens (tertiary/aromatic N) is 6. The molecule has 8 rings (SSSR count). The van der Waals surface area contributed by atoms with Gasteiger partial charge in [-0.05, 0) is 61.3 Å². The van der Waals surface area contributed by atoms with Crippen molar-refractivity contribution >= 4 is 33.5 Å². The van der Waals surface area contributed by atoms with Crippen LogP contribution < -0.4 is 10.1 Å². The molecule has 1 aliphatic heterocycles. The monoisotopic (exact) mass is 653 g/mol. The van der Waals surface area contributed by atoms with Gasteiger partial charge in [-0.1, -0.05) is 30.3 Å². The van der Waals surface area contributed by atoms with Gasteiger partial charge in [0.15, 0.2) is 5.82 Å². The first-order chi connectivity index (χ1) is 24.1. The molecular formula is C37H32FN9O2. The maximum absolute atomic E-state index is 14.8. The normalized spacial score (nSPS) is 13.3. The summed E-state index contributed by atoms with van der Waals surface area (Å²) >= 11 is 0. The first kappa shape index (κ1) is 30.3. The second-order valence-corrected chi connectivity index (χ2v) is 12.1. The summed E-state index contributed by atoms with van der Waals surface area (Å²) in [5.41, 5.74) is 6.79. The van der Waals surface area contributed by atoms with E-state index in [2.05, 4.69) is 40.3 Å². The fourth-order valence-electron chi connectivity index (χ4n) is 6.25. The molecule has 1 amide bonds. The second kappa shape index (κ2) is 13.2. The number of anilines is 1. The Balaban J connectivity index is 1.06. The first-order valence-electron chi connectivity index (χ1n) is 16.2. The zero-order valence-corrected chi connectivity index (χ0v) is 26.5. The van der Waals surface area contributed by atoms with Crippen LogP contribution in [-0.4, -0.2) is 72.2 Å². The summed E-state index contributed by atoms with van der Waals surface area (Å²) in [4.78, 5) is 36.6. The number of likely N-dealkylation sites (tertiary alicyclic amines) is 1. The standard InChI is InChI=1S/C37H32FN9O2/c38-26-13-24(15-28(16-26)49-11-10-47-8-4-5-9-47)30-20-40-21-33-35(30)44-37(43-33)36-29-17-31(41-22-32(29)45-46-36)25-14-27(19-39-18-25)42-34(48)12-23-6-2-1-3-7-23/h1-3,6-7,13-22H,4-5,8-12H2,(H,42,48)(H,43,44)(H,45,46). The van der Waals surface area contributed by atoms with E-state index in [0.717, 1.165) is 41.7 Å². The van der Waals surface area contributed by atoms with E-state index in [1.807, 2.05) is 48.5 Å². The fourth-order valence-corrected chi connectivity index (χ4v) is 6.25. The molecule has 0 unspecified atom stereocenters. The fraction of sp³-hybridized carbons (Fsp3) is 0.189. The topological polar surface area (TPSA) is 138 Å². The Morgan fingerprint density at radius 2 is 1.78 bits per heavy atom. The largest absolute Gasteiger partial charge is 0.492 e. The van der Waals surface area contributed by atoms with Gasteiger partial charge in [0.05, 0.1) is 52.9 Å². The molecule has 7 aromatic rings. The molecule has 3 N–H and O–H groups in total. The minimum absolute atomic E-state index is 0.135. The predicted octanol–water partition coefficient (Wildman–Crippen LogP) is 6.42. The third kappa shape index (κ3) is 6.58. The van der Waals surface area contributed by atoms with Crippen molar-refractivity contribution in [3.63, 3.8) is 0 Å². The molecule has 0 radical (unpaired) electrons. The van der Waals surface area contributed by atoms with E-state index in [-0.39, 0.29) is 12.3 Å². The van der Waals surface area contributed by atoms with Crippen LogP contribution in [0, 0.1) is 5.82 Å². The van der Waals surface area contributed by atoms with Crippen LogP contribution in [0.15, 0.2) is 91.6 Å². The molecule has 6 heterocycles. The van der Waals surface area contributed by atoms with Gasteiger partial charge in [0.2, 0.25) is 5.91 Å². The zero-order valence-electron chi connectivity index (χ0n) is 26.5. The molecule has 11 nitrogen and oxygen atoms in total. The predicted molar refractivity (Wildman–Crippen MR) is 185 cm³/mol. The molecule has 1 aliphatic rings. The average Bonchev–Trinajstić information content (AvgIpc) is 3.88. The smallest absolute Gasteiger partial charge is 0.228 e. The molecule has 12 heteroatoms. The van der Waals surface area contributed by atoms with Crippen LogP contribution in [0.5, 0.6) is 5.75 Å². The van der Waals surface area contributed by atoms with Crippen molar-refractivity contribution in [3.8, 4) is 39.7 Å². The van der Waals surface area contributed by atoms with Crippen LogP contribution in [0.25, 0.3) is 55.8 Å². The average molecular weight is 654 g/mol. The van der Waals surface area contributed by atoms with Crippen LogP contribution in [0.2, 0.25) is 0 Å². The first-order valence-corrected chi connectivity index (χ1v) is 16.2. The lowest BCUT2D eigenvalue weighted by molar-refractivity contribution is -0.115. The summed E-state index contributed by atoms with van der Waals surface area (Å²) < 4.78 is 20.8. The van der Waals surface area contributed by atoms with Gasteiger partial charge in [0, 0.05) is 41.5 Å². The quantitative estimate of drug-likeness (QED) is 0.154. The van der Waals surface area contributed by atoms with Crippen molar-refractivity contribution in [2.24, 2.45) is 0 Å². The minimum atomic E-state index is -0.394. The van der Waals surface area contributed by atoms with E-state index in [9.17, 15) is 9.18 Å². The third-order valence-corrected chi connectivity index (χ3v) is 8.65. The number of imidazole rings is 1. The molecule has 0 saturated carbocycles. The molecule has 0 bridgehead atoms. The molecule has 0 aliphatic carbocycles. The van der Waals surface area contributed by atoms with E-state index in [4.69, 9.17) is 9.72 Å². The van der Waals surface area contributed by atoms with Crippen molar-refractivity contribution < 1.29 is 13.9 Å². The molecule has 1 fully saturated rings. The Morgan fingerprint density at radius 1 is 0.918 bits per heavy atom. The van der Waals surface area contributed by atoms with E-state index < -0.39 is 5.82 Å². The highest BCUT2D eigenvalue weighted by molar-refractivity contribution is 5.98.